The molecule has 0 heterocycles. The molecule has 8 aromatic rings. The molecule has 0 spiro atoms. The van der Waals surface area contributed by atoms with E-state index in [1.54, 1.807) is 0 Å². The van der Waals surface area contributed by atoms with E-state index in [1.165, 1.54) is 86.8 Å². The summed E-state index contributed by atoms with van der Waals surface area (Å²) in [6.45, 7) is 8.79. The molecule has 0 radical (unpaired) electrons. The van der Waals surface area contributed by atoms with Gasteiger partial charge >= 0.3 is 25.8 Å². The van der Waals surface area contributed by atoms with E-state index in [2.05, 4.69) is 185 Å². The Labute approximate surface area is 319 Å². The summed E-state index contributed by atoms with van der Waals surface area (Å²) in [5.41, 5.74) is 10.4. The van der Waals surface area contributed by atoms with Crippen LogP contribution in [0.5, 0.6) is 0 Å². The Kier molecular flexibility index (Phi) is 11.0. The van der Waals surface area contributed by atoms with E-state index in [4.69, 9.17) is 0 Å². The van der Waals surface area contributed by atoms with Gasteiger partial charge in [0.15, 0.2) is 0 Å². The minimum atomic E-state index is -2.76. The topological polar surface area (TPSA) is 0 Å². The van der Waals surface area contributed by atoms with Crippen LogP contribution in [0, 0.1) is 42.5 Å². The molecule has 0 saturated carbocycles. The number of aryl methyl sites for hydroxylation is 4. The third-order valence-electron chi connectivity index (χ3n) is 9.85. The standard InChI is InChI=1S/C46H38Si.2CH3.Hf/c1-31-21-32(2)24-37(23-31)43-19-11-13-35-27-41(29-45(35)43)47(39-15-7-5-8-16-39,40-17-9-6-10-18-40)42-28-36-14-12-20-44(46(36)30-42)38-25-33(3)22-34(4)26-38;;;/h5-30H,1-4H3;2*1H3;/q-2;2*-1;+4. The van der Waals surface area contributed by atoms with E-state index >= 15 is 0 Å². The maximum atomic E-state index is 2.52. The zero-order chi connectivity index (χ0) is 32.1. The molecule has 0 aromatic heterocycles. The molecule has 0 aliphatic carbocycles. The molecule has 50 heavy (non-hydrogen) atoms. The van der Waals surface area contributed by atoms with Gasteiger partial charge in [0, 0.05) is 0 Å². The average Bonchev–Trinajstić information content (AvgIpc) is 3.70. The molecule has 2 heteroatoms. The predicted octanol–water partition coefficient (Wildman–Crippen LogP) is 10.3. The molecule has 0 N–H and O–H groups in total. The Morgan fingerprint density at radius 1 is 0.400 bits per heavy atom. The van der Waals surface area contributed by atoms with Crippen LogP contribution in [0.25, 0.3) is 43.8 Å². The van der Waals surface area contributed by atoms with Crippen molar-refractivity contribution in [3.63, 3.8) is 0 Å². The van der Waals surface area contributed by atoms with Crippen LogP contribution in [-0.2, 0) is 25.8 Å². The average molecular weight is 827 g/mol. The number of rotatable bonds is 6. The van der Waals surface area contributed by atoms with E-state index in [1.807, 2.05) is 0 Å². The summed E-state index contributed by atoms with van der Waals surface area (Å²) in [7, 11) is -2.76. The molecule has 0 aliphatic heterocycles. The molecule has 0 atom stereocenters. The zero-order valence-corrected chi connectivity index (χ0v) is 34.6. The Balaban J connectivity index is 0.00000162. The van der Waals surface area contributed by atoms with Gasteiger partial charge < -0.3 is 14.9 Å². The van der Waals surface area contributed by atoms with E-state index in [-0.39, 0.29) is 40.7 Å². The van der Waals surface area contributed by atoms with Gasteiger partial charge in [0.1, 0.15) is 8.07 Å². The van der Waals surface area contributed by atoms with Crippen molar-refractivity contribution in [3.05, 3.63) is 195 Å². The van der Waals surface area contributed by atoms with Crippen molar-refractivity contribution >= 4 is 50.4 Å². The van der Waals surface area contributed by atoms with Crippen molar-refractivity contribution in [2.24, 2.45) is 0 Å². The summed E-state index contributed by atoms with van der Waals surface area (Å²) in [5, 5.41) is 10.9. The van der Waals surface area contributed by atoms with Gasteiger partial charge in [-0.3, -0.25) is 0 Å². The molecule has 0 amide bonds. The number of benzene rings is 6. The fraction of sp³-hybridized carbons (Fsp3) is 0.0833. The van der Waals surface area contributed by atoms with Gasteiger partial charge in [-0.05, 0) is 49.2 Å². The van der Waals surface area contributed by atoms with Gasteiger partial charge in [0.05, 0.1) is 0 Å². The zero-order valence-electron chi connectivity index (χ0n) is 30.0. The third kappa shape index (κ3) is 6.36. The molecule has 0 fully saturated rings. The van der Waals surface area contributed by atoms with Crippen LogP contribution in [-0.4, -0.2) is 8.07 Å². The smallest absolute Gasteiger partial charge is 0.358 e. The number of hydrogen-bond acceptors (Lipinski definition) is 0. The third-order valence-corrected chi connectivity index (χ3v) is 14.6. The summed E-state index contributed by atoms with van der Waals surface area (Å²) in [6, 6.07) is 60.1. The Hall–Kier alpha value is -4.37. The molecule has 0 nitrogen and oxygen atoms in total. The van der Waals surface area contributed by atoms with Gasteiger partial charge in [-0.2, -0.15) is 12.1 Å². The van der Waals surface area contributed by atoms with Crippen LogP contribution in [0.3, 0.4) is 0 Å². The molecular weight excluding hydrogens is 783 g/mol. The molecule has 8 aromatic carbocycles. The normalized spacial score (nSPS) is 11.1. The number of fused-ring (bicyclic) bond motifs is 2. The van der Waals surface area contributed by atoms with Crippen molar-refractivity contribution in [2.75, 3.05) is 0 Å². The van der Waals surface area contributed by atoms with Crippen molar-refractivity contribution in [1.82, 2.24) is 0 Å². The molecule has 0 saturated heterocycles. The van der Waals surface area contributed by atoms with Crippen molar-refractivity contribution in [2.45, 2.75) is 27.7 Å². The minimum absolute atomic E-state index is 0. The molecule has 0 bridgehead atoms. The van der Waals surface area contributed by atoms with Gasteiger partial charge in [0.2, 0.25) is 0 Å². The van der Waals surface area contributed by atoms with Crippen LogP contribution in [0.15, 0.2) is 158 Å². The largest absolute Gasteiger partial charge is 4.00 e. The molecule has 0 unspecified atom stereocenters. The fourth-order valence-electron chi connectivity index (χ4n) is 8.04. The first-order valence-electron chi connectivity index (χ1n) is 16.6. The van der Waals surface area contributed by atoms with E-state index in [9.17, 15) is 0 Å². The maximum absolute atomic E-state index is 2.76. The Bertz CT molecular complexity index is 2180. The van der Waals surface area contributed by atoms with Crippen LogP contribution < -0.4 is 20.7 Å². The van der Waals surface area contributed by atoms with Gasteiger partial charge in [0.25, 0.3) is 0 Å². The molecule has 8 rings (SSSR count). The van der Waals surface area contributed by atoms with Crippen molar-refractivity contribution in [1.29, 1.82) is 0 Å². The van der Waals surface area contributed by atoms with Crippen LogP contribution >= 0.6 is 0 Å². The summed E-state index contributed by atoms with van der Waals surface area (Å²) >= 11 is 0. The van der Waals surface area contributed by atoms with Crippen LogP contribution in [0.2, 0.25) is 0 Å². The van der Waals surface area contributed by atoms with Gasteiger partial charge in [-0.15, -0.1) is 68.3 Å². The first-order valence-corrected chi connectivity index (χ1v) is 18.6. The second-order valence-electron chi connectivity index (χ2n) is 13.3. The van der Waals surface area contributed by atoms with Crippen LogP contribution in [0.1, 0.15) is 22.3 Å². The Morgan fingerprint density at radius 2 is 0.760 bits per heavy atom. The number of hydrogen-bond donors (Lipinski definition) is 0. The van der Waals surface area contributed by atoms with Crippen molar-refractivity contribution in [3.8, 4) is 22.3 Å². The first-order chi connectivity index (χ1) is 22.9. The second kappa shape index (κ2) is 14.9. The quantitative estimate of drug-likeness (QED) is 0.116. The molecule has 244 valence electrons. The summed E-state index contributed by atoms with van der Waals surface area (Å²) in [4.78, 5) is 0. The predicted molar refractivity (Wildman–Crippen MR) is 219 cm³/mol. The van der Waals surface area contributed by atoms with Crippen LogP contribution in [0.4, 0.5) is 0 Å². The van der Waals surface area contributed by atoms with Crippen molar-refractivity contribution < 1.29 is 25.8 Å². The SMILES string of the molecule is Cc1cc(C)cc(-c2cccc3[cH-]c([Si](c4ccccc4)(c4ccccc4)c4cc5c(-c6cc(C)cc(C)c6)cccc5[cH-]4)cc23)c1.[CH3-].[CH3-].[Hf+4]. The summed E-state index contributed by atoms with van der Waals surface area (Å²) in [6.07, 6.45) is 0. The first kappa shape index (κ1) is 36.9. The fourth-order valence-corrected chi connectivity index (χ4v) is 12.9. The summed E-state index contributed by atoms with van der Waals surface area (Å²) in [5.74, 6) is 0. The van der Waals surface area contributed by atoms with E-state index < -0.39 is 8.07 Å². The second-order valence-corrected chi connectivity index (χ2v) is 17.1. The van der Waals surface area contributed by atoms with E-state index in [0.29, 0.717) is 0 Å². The maximum Gasteiger partial charge on any atom is 4.00 e. The Morgan fingerprint density at radius 3 is 1.12 bits per heavy atom. The van der Waals surface area contributed by atoms with E-state index in [0.717, 1.165) is 0 Å². The molecular formula is C48H44HfSi. The monoisotopic (exact) mass is 828 g/mol. The minimum Gasteiger partial charge on any atom is -0.358 e. The molecule has 0 aliphatic rings. The summed E-state index contributed by atoms with van der Waals surface area (Å²) < 4.78 is 0. The van der Waals surface area contributed by atoms with Gasteiger partial charge in [-0.1, -0.05) is 143 Å². The van der Waals surface area contributed by atoms with Gasteiger partial charge in [-0.25, -0.2) is 0 Å².